The van der Waals surface area contributed by atoms with Crippen LogP contribution in [0.15, 0.2) is 16.5 Å². The summed E-state index contributed by atoms with van der Waals surface area (Å²) in [6.45, 7) is 2.75. The van der Waals surface area contributed by atoms with Gasteiger partial charge in [0.1, 0.15) is 11.5 Å². The van der Waals surface area contributed by atoms with Crippen molar-refractivity contribution in [2.45, 2.75) is 38.8 Å². The largest absolute Gasteiger partial charge is 0.480 e. The zero-order valence-corrected chi connectivity index (χ0v) is 9.48. The zero-order chi connectivity index (χ0) is 11.5. The first-order valence-corrected chi connectivity index (χ1v) is 5.72. The zero-order valence-electron chi connectivity index (χ0n) is 9.48. The predicted molar refractivity (Wildman–Crippen MR) is 59.2 cm³/mol. The van der Waals surface area contributed by atoms with Crippen LogP contribution < -0.4 is 0 Å². The van der Waals surface area contributed by atoms with Gasteiger partial charge in [0.05, 0.1) is 13.1 Å². The van der Waals surface area contributed by atoms with Crippen LogP contribution in [-0.4, -0.2) is 28.6 Å². The van der Waals surface area contributed by atoms with Gasteiger partial charge in [0, 0.05) is 12.5 Å². The minimum Gasteiger partial charge on any atom is -0.480 e. The highest BCUT2D eigenvalue weighted by Crippen LogP contribution is 2.28. The van der Waals surface area contributed by atoms with Gasteiger partial charge < -0.3 is 9.52 Å². The Labute approximate surface area is 94.9 Å². The van der Waals surface area contributed by atoms with Crippen molar-refractivity contribution in [3.8, 4) is 0 Å². The van der Waals surface area contributed by atoms with Gasteiger partial charge in [-0.3, -0.25) is 9.69 Å². The van der Waals surface area contributed by atoms with Crippen molar-refractivity contribution in [3.05, 3.63) is 23.7 Å². The first kappa shape index (κ1) is 11.2. The van der Waals surface area contributed by atoms with Gasteiger partial charge in [-0.1, -0.05) is 6.92 Å². The van der Waals surface area contributed by atoms with Crippen LogP contribution in [0.3, 0.4) is 0 Å². The van der Waals surface area contributed by atoms with Crippen molar-refractivity contribution < 1.29 is 14.3 Å². The molecule has 1 aliphatic rings. The summed E-state index contributed by atoms with van der Waals surface area (Å²) in [5.74, 6) is 1.06. The third-order valence-corrected chi connectivity index (χ3v) is 2.83. The molecule has 4 heteroatoms. The maximum atomic E-state index is 10.7. The van der Waals surface area contributed by atoms with Gasteiger partial charge in [-0.2, -0.15) is 0 Å². The van der Waals surface area contributed by atoms with E-state index in [9.17, 15) is 4.79 Å². The minimum absolute atomic E-state index is 0.104. The smallest absolute Gasteiger partial charge is 0.317 e. The molecule has 0 spiro atoms. The van der Waals surface area contributed by atoms with Crippen LogP contribution in [0.25, 0.3) is 0 Å². The number of nitrogens with zero attached hydrogens (tertiary/aromatic N) is 1. The predicted octanol–water partition coefficient (Wildman–Crippen LogP) is 1.89. The molecule has 1 saturated carbocycles. The molecule has 1 aliphatic carbocycles. The number of aliphatic carboxylic acids is 1. The number of hydrogen-bond acceptors (Lipinski definition) is 3. The molecule has 0 aliphatic heterocycles. The molecule has 1 aromatic heterocycles. The quantitative estimate of drug-likeness (QED) is 0.800. The highest BCUT2D eigenvalue weighted by molar-refractivity contribution is 5.69. The lowest BCUT2D eigenvalue weighted by atomic mass is 10.3. The number of rotatable bonds is 6. The molecule has 16 heavy (non-hydrogen) atoms. The van der Waals surface area contributed by atoms with Crippen molar-refractivity contribution in [2.24, 2.45) is 0 Å². The molecule has 0 unspecified atom stereocenters. The molecule has 1 fully saturated rings. The summed E-state index contributed by atoms with van der Waals surface area (Å²) in [5.41, 5.74) is 0. The van der Waals surface area contributed by atoms with Gasteiger partial charge in [0.25, 0.3) is 0 Å². The fourth-order valence-electron chi connectivity index (χ4n) is 1.83. The summed E-state index contributed by atoms with van der Waals surface area (Å²) in [4.78, 5) is 12.7. The lowest BCUT2D eigenvalue weighted by Crippen LogP contribution is -2.31. The lowest BCUT2D eigenvalue weighted by Gasteiger charge is -2.17. The van der Waals surface area contributed by atoms with Gasteiger partial charge in [-0.05, 0) is 25.0 Å². The van der Waals surface area contributed by atoms with Gasteiger partial charge in [-0.15, -0.1) is 0 Å². The summed E-state index contributed by atoms with van der Waals surface area (Å²) in [5, 5.41) is 8.82. The van der Waals surface area contributed by atoms with Crippen LogP contribution in [0.5, 0.6) is 0 Å². The monoisotopic (exact) mass is 223 g/mol. The van der Waals surface area contributed by atoms with E-state index in [-0.39, 0.29) is 6.54 Å². The SMILES string of the molecule is CCc1ccc(CN(CC(=O)O)C2CC2)o1. The molecule has 0 bridgehead atoms. The normalized spacial score (nSPS) is 15.6. The van der Waals surface area contributed by atoms with Crippen molar-refractivity contribution >= 4 is 5.97 Å². The van der Waals surface area contributed by atoms with E-state index in [1.54, 1.807) is 0 Å². The molecule has 1 N–H and O–H groups in total. The molecule has 0 atom stereocenters. The van der Waals surface area contributed by atoms with E-state index < -0.39 is 5.97 Å². The molecule has 0 saturated heterocycles. The Hall–Kier alpha value is -1.29. The second kappa shape index (κ2) is 4.70. The van der Waals surface area contributed by atoms with E-state index in [0.717, 1.165) is 30.8 Å². The number of carboxylic acids is 1. The standard InChI is InChI=1S/C12H17NO3/c1-2-10-5-6-11(16-10)7-13(8-12(14)15)9-3-4-9/h5-6,9H,2-4,7-8H2,1H3,(H,14,15). The Bertz CT molecular complexity index is 368. The maximum Gasteiger partial charge on any atom is 0.317 e. The number of aryl methyl sites for hydroxylation is 1. The molecule has 0 amide bonds. The molecule has 88 valence electrons. The summed E-state index contributed by atoms with van der Waals surface area (Å²) >= 11 is 0. The first-order valence-electron chi connectivity index (χ1n) is 5.72. The van der Waals surface area contributed by atoms with Crippen LogP contribution in [0, 0.1) is 0 Å². The van der Waals surface area contributed by atoms with E-state index in [1.807, 2.05) is 24.0 Å². The van der Waals surface area contributed by atoms with Crippen LogP contribution in [0.1, 0.15) is 31.3 Å². The van der Waals surface area contributed by atoms with E-state index in [0.29, 0.717) is 12.6 Å². The number of carbonyl (C=O) groups is 1. The average molecular weight is 223 g/mol. The van der Waals surface area contributed by atoms with Crippen molar-refractivity contribution in [3.63, 3.8) is 0 Å². The molecular weight excluding hydrogens is 206 g/mol. The van der Waals surface area contributed by atoms with Crippen molar-refractivity contribution in [1.29, 1.82) is 0 Å². The highest BCUT2D eigenvalue weighted by atomic mass is 16.4. The van der Waals surface area contributed by atoms with Crippen LogP contribution in [-0.2, 0) is 17.8 Å². The van der Waals surface area contributed by atoms with Crippen LogP contribution >= 0.6 is 0 Å². The fourth-order valence-corrected chi connectivity index (χ4v) is 1.83. The van der Waals surface area contributed by atoms with E-state index in [2.05, 4.69) is 0 Å². The molecule has 2 rings (SSSR count). The van der Waals surface area contributed by atoms with Gasteiger partial charge in [0.15, 0.2) is 0 Å². The van der Waals surface area contributed by atoms with Crippen LogP contribution in [0.2, 0.25) is 0 Å². The summed E-state index contributed by atoms with van der Waals surface area (Å²) in [6, 6.07) is 4.34. The Balaban J connectivity index is 1.96. The summed E-state index contributed by atoms with van der Waals surface area (Å²) in [7, 11) is 0. The van der Waals surface area contributed by atoms with E-state index in [4.69, 9.17) is 9.52 Å². The third-order valence-electron chi connectivity index (χ3n) is 2.83. The Morgan fingerprint density at radius 2 is 2.19 bits per heavy atom. The van der Waals surface area contributed by atoms with Crippen LogP contribution in [0.4, 0.5) is 0 Å². The minimum atomic E-state index is -0.769. The first-order chi connectivity index (χ1) is 7.69. The second-order valence-corrected chi connectivity index (χ2v) is 4.25. The highest BCUT2D eigenvalue weighted by Gasteiger charge is 2.30. The van der Waals surface area contributed by atoms with Crippen molar-refractivity contribution in [1.82, 2.24) is 4.90 Å². The Kier molecular flexibility index (Phi) is 3.29. The maximum absolute atomic E-state index is 10.7. The molecule has 4 nitrogen and oxygen atoms in total. The average Bonchev–Trinajstić information content (AvgIpc) is 2.98. The third kappa shape index (κ3) is 2.85. The second-order valence-electron chi connectivity index (χ2n) is 4.25. The number of hydrogen-bond donors (Lipinski definition) is 1. The van der Waals surface area contributed by atoms with Gasteiger partial charge in [-0.25, -0.2) is 0 Å². The summed E-state index contributed by atoms with van der Waals surface area (Å²) in [6.07, 6.45) is 3.09. The Morgan fingerprint density at radius 3 is 2.69 bits per heavy atom. The molecule has 0 aromatic carbocycles. The van der Waals surface area contributed by atoms with Gasteiger partial charge >= 0.3 is 5.97 Å². The van der Waals surface area contributed by atoms with Crippen molar-refractivity contribution in [2.75, 3.05) is 6.54 Å². The molecule has 1 heterocycles. The molecular formula is C12H17NO3. The topological polar surface area (TPSA) is 53.7 Å². The molecule has 0 radical (unpaired) electrons. The summed E-state index contributed by atoms with van der Waals surface area (Å²) < 4.78 is 5.59. The van der Waals surface area contributed by atoms with E-state index >= 15 is 0 Å². The lowest BCUT2D eigenvalue weighted by molar-refractivity contribution is -0.138. The number of carboxylic acid groups (broad SMARTS) is 1. The Morgan fingerprint density at radius 1 is 1.50 bits per heavy atom. The van der Waals surface area contributed by atoms with E-state index in [1.165, 1.54) is 0 Å². The molecule has 1 aromatic rings. The fraction of sp³-hybridized carbons (Fsp3) is 0.583. The number of furan rings is 1. The van der Waals surface area contributed by atoms with Gasteiger partial charge in [0.2, 0.25) is 0 Å².